The van der Waals surface area contributed by atoms with Gasteiger partial charge < -0.3 is 20.9 Å². The van der Waals surface area contributed by atoms with Crippen molar-refractivity contribution in [2.24, 2.45) is 5.92 Å². The first-order chi connectivity index (χ1) is 22.9. The van der Waals surface area contributed by atoms with Crippen LogP contribution in [0.4, 0.5) is 0 Å². The Balaban J connectivity index is 1.47. The number of carbonyl (C=O) groups is 3. The van der Waals surface area contributed by atoms with Crippen LogP contribution in [0.25, 0.3) is 0 Å². The first-order valence-corrected chi connectivity index (χ1v) is 16.9. The monoisotopic (exact) mass is 637 g/mol. The number of nitrogens with zero attached hydrogens (tertiary/aromatic N) is 5. The predicted octanol–water partition coefficient (Wildman–Crippen LogP) is 2.80. The fourth-order valence-corrected chi connectivity index (χ4v) is 7.65. The summed E-state index contributed by atoms with van der Waals surface area (Å²) < 4.78 is 0. The van der Waals surface area contributed by atoms with Gasteiger partial charge in [-0.25, -0.2) is 0 Å². The maximum atomic E-state index is 13.4. The topological polar surface area (TPSA) is 169 Å². The van der Waals surface area contributed by atoms with Crippen LogP contribution in [0.3, 0.4) is 0 Å². The number of fused-ring (bicyclic) bond motifs is 2. The van der Waals surface area contributed by atoms with Crippen molar-refractivity contribution < 1.29 is 14.4 Å². The highest BCUT2D eigenvalue weighted by atomic mass is 16.2. The fourth-order valence-electron chi connectivity index (χ4n) is 7.65. The number of likely N-dealkylation sites (tertiary alicyclic amines) is 1. The molecule has 3 aliphatic rings. The summed E-state index contributed by atoms with van der Waals surface area (Å²) >= 11 is 0. The largest absolute Gasteiger partial charge is 0.352 e. The highest BCUT2D eigenvalue weighted by molar-refractivity contribution is 5.95. The molecule has 1 saturated heterocycles. The van der Waals surface area contributed by atoms with Crippen LogP contribution < -0.4 is 16.0 Å². The molecule has 0 spiro atoms. The molecule has 12 nitrogen and oxygen atoms in total. The van der Waals surface area contributed by atoms with Crippen molar-refractivity contribution in [3.05, 3.63) is 75.6 Å². The molecule has 246 valence electrons. The Bertz CT molecular complexity index is 1590. The zero-order valence-corrected chi connectivity index (χ0v) is 27.1. The van der Waals surface area contributed by atoms with Crippen LogP contribution in [-0.4, -0.2) is 81.5 Å². The summed E-state index contributed by atoms with van der Waals surface area (Å²) in [6.45, 7) is 5.57. The number of hydrogen-bond donors (Lipinski definition) is 4. The SMILES string of the molecule is CCNC(=O)c1ccc2c(c1)CCc1cc(C(=O)NCC)ccc1C2(C[C@H](NCC(=O)N1CCC[C@H]1C#N)C1CCC1)c1nn[nH]n1. The Morgan fingerprint density at radius 2 is 1.62 bits per heavy atom. The third-order valence-corrected chi connectivity index (χ3v) is 10.2. The van der Waals surface area contributed by atoms with E-state index in [9.17, 15) is 19.6 Å². The molecule has 0 unspecified atom stereocenters. The van der Waals surface area contributed by atoms with E-state index in [2.05, 4.69) is 42.6 Å². The third-order valence-electron chi connectivity index (χ3n) is 10.2. The van der Waals surface area contributed by atoms with E-state index in [1.165, 1.54) is 0 Å². The molecule has 2 aliphatic carbocycles. The second-order valence-corrected chi connectivity index (χ2v) is 12.9. The number of tetrazole rings is 1. The number of aryl methyl sites for hydroxylation is 2. The zero-order valence-electron chi connectivity index (χ0n) is 27.1. The molecule has 6 rings (SSSR count). The van der Waals surface area contributed by atoms with Gasteiger partial charge in [-0.15, -0.1) is 10.2 Å². The predicted molar refractivity (Wildman–Crippen MR) is 174 cm³/mol. The van der Waals surface area contributed by atoms with Gasteiger partial charge in [0.25, 0.3) is 11.8 Å². The van der Waals surface area contributed by atoms with E-state index in [1.807, 2.05) is 50.2 Å². The average molecular weight is 638 g/mol. The van der Waals surface area contributed by atoms with Gasteiger partial charge in [-0.05, 0) is 111 Å². The van der Waals surface area contributed by atoms with Gasteiger partial charge in [-0.2, -0.15) is 10.5 Å². The summed E-state index contributed by atoms with van der Waals surface area (Å²) in [7, 11) is 0. The van der Waals surface area contributed by atoms with E-state index in [4.69, 9.17) is 0 Å². The maximum absolute atomic E-state index is 13.4. The van der Waals surface area contributed by atoms with Crippen LogP contribution in [-0.2, 0) is 23.1 Å². The lowest BCUT2D eigenvalue weighted by molar-refractivity contribution is -0.130. The highest BCUT2D eigenvalue weighted by Crippen LogP contribution is 2.49. The minimum absolute atomic E-state index is 0.0631. The summed E-state index contributed by atoms with van der Waals surface area (Å²) in [5.74, 6) is 0.500. The lowest BCUT2D eigenvalue weighted by atomic mass is 9.64. The minimum atomic E-state index is -0.896. The molecular formula is C35H43N9O3. The van der Waals surface area contributed by atoms with E-state index < -0.39 is 5.41 Å². The Labute approximate surface area is 275 Å². The molecule has 2 fully saturated rings. The van der Waals surface area contributed by atoms with Crippen molar-refractivity contribution in [2.75, 3.05) is 26.2 Å². The second kappa shape index (κ2) is 14.0. The van der Waals surface area contributed by atoms with Gasteiger partial charge in [-0.1, -0.05) is 23.8 Å². The van der Waals surface area contributed by atoms with E-state index in [0.717, 1.165) is 47.9 Å². The Kier molecular flexibility index (Phi) is 9.63. The van der Waals surface area contributed by atoms with Crippen molar-refractivity contribution >= 4 is 17.7 Å². The van der Waals surface area contributed by atoms with Gasteiger partial charge >= 0.3 is 0 Å². The van der Waals surface area contributed by atoms with Gasteiger partial charge in [0.15, 0.2) is 5.82 Å². The first-order valence-electron chi connectivity index (χ1n) is 16.9. The number of nitrogens with one attached hydrogen (secondary N) is 4. The van der Waals surface area contributed by atoms with Gasteiger partial charge in [0.1, 0.15) is 6.04 Å². The van der Waals surface area contributed by atoms with Gasteiger partial charge in [0.2, 0.25) is 5.91 Å². The fraction of sp³-hybridized carbons (Fsp3) is 0.514. The molecule has 3 aromatic rings. The van der Waals surface area contributed by atoms with Gasteiger partial charge in [0, 0.05) is 36.8 Å². The Morgan fingerprint density at radius 1 is 0.979 bits per heavy atom. The van der Waals surface area contributed by atoms with E-state index >= 15 is 0 Å². The molecule has 1 aromatic heterocycles. The summed E-state index contributed by atoms with van der Waals surface area (Å²) in [5.41, 5.74) is 4.25. The summed E-state index contributed by atoms with van der Waals surface area (Å²) in [5, 5.41) is 35.0. The lowest BCUT2D eigenvalue weighted by Gasteiger charge is -2.42. The first kappa shape index (κ1) is 32.3. The molecule has 1 saturated carbocycles. The number of benzene rings is 2. The van der Waals surface area contributed by atoms with Crippen molar-refractivity contribution in [1.82, 2.24) is 41.5 Å². The van der Waals surface area contributed by atoms with Crippen LogP contribution in [0, 0.1) is 17.2 Å². The van der Waals surface area contributed by atoms with Crippen molar-refractivity contribution in [3.63, 3.8) is 0 Å². The molecule has 0 bridgehead atoms. The quantitative estimate of drug-likeness (QED) is 0.249. The number of nitriles is 1. The Hall–Kier alpha value is -4.63. The lowest BCUT2D eigenvalue weighted by Crippen LogP contribution is -2.50. The molecule has 2 aromatic carbocycles. The van der Waals surface area contributed by atoms with E-state index in [-0.39, 0.29) is 36.3 Å². The number of H-pyrrole nitrogens is 1. The van der Waals surface area contributed by atoms with Crippen molar-refractivity contribution in [3.8, 4) is 6.07 Å². The molecule has 0 radical (unpaired) electrons. The summed E-state index contributed by atoms with van der Waals surface area (Å²) in [4.78, 5) is 41.0. The molecule has 47 heavy (non-hydrogen) atoms. The highest BCUT2D eigenvalue weighted by Gasteiger charge is 2.48. The van der Waals surface area contributed by atoms with Crippen LogP contribution >= 0.6 is 0 Å². The van der Waals surface area contributed by atoms with Crippen LogP contribution in [0.1, 0.15) is 101 Å². The van der Waals surface area contributed by atoms with Crippen LogP contribution in [0.15, 0.2) is 36.4 Å². The standard InChI is InChI=1S/C35H43N9O3/c1-3-37-32(46)25-12-14-28-23(17-25)10-11-24-18-26(33(47)38-4-2)13-15-29(24)35(28,34-40-42-43-41-34)19-30(22-7-5-8-22)39-21-31(45)44-16-6-9-27(44)20-36/h12-15,17-18,22,27,30,39H,3-11,16,19,21H2,1-2H3,(H,37,46)(H,38,47)(H,40,41,42,43)/t27-,30-/m0/s1. The number of carbonyl (C=O) groups excluding carboxylic acids is 3. The normalized spacial score (nSPS) is 19.0. The Morgan fingerprint density at radius 3 is 2.13 bits per heavy atom. The van der Waals surface area contributed by atoms with Crippen molar-refractivity contribution in [1.29, 1.82) is 5.26 Å². The van der Waals surface area contributed by atoms with Gasteiger partial charge in [0.05, 0.1) is 18.0 Å². The molecule has 4 N–H and O–H groups in total. The number of aromatic amines is 1. The summed E-state index contributed by atoms with van der Waals surface area (Å²) in [6.07, 6.45) is 6.56. The van der Waals surface area contributed by atoms with Crippen LogP contribution in [0.2, 0.25) is 0 Å². The number of aromatic nitrogens is 4. The molecule has 12 heteroatoms. The molecule has 3 amide bonds. The number of rotatable bonds is 11. The van der Waals surface area contributed by atoms with Crippen LogP contribution in [0.5, 0.6) is 0 Å². The average Bonchev–Trinajstić information content (AvgIpc) is 3.75. The zero-order chi connectivity index (χ0) is 33.0. The third kappa shape index (κ3) is 6.24. The summed E-state index contributed by atoms with van der Waals surface area (Å²) in [6, 6.07) is 13.5. The molecular weight excluding hydrogens is 594 g/mol. The molecule has 1 aliphatic heterocycles. The number of amides is 3. The molecule has 2 heterocycles. The minimum Gasteiger partial charge on any atom is -0.352 e. The van der Waals surface area contributed by atoms with Crippen molar-refractivity contribution in [2.45, 2.75) is 82.7 Å². The maximum Gasteiger partial charge on any atom is 0.251 e. The van der Waals surface area contributed by atoms with Gasteiger partial charge in [-0.3, -0.25) is 14.4 Å². The van der Waals surface area contributed by atoms with E-state index in [1.54, 1.807) is 4.90 Å². The number of hydrogen-bond acceptors (Lipinski definition) is 8. The second-order valence-electron chi connectivity index (χ2n) is 12.9. The molecule has 2 atom stereocenters. The smallest absolute Gasteiger partial charge is 0.251 e. The van der Waals surface area contributed by atoms with E-state index in [0.29, 0.717) is 68.2 Å².